The van der Waals surface area contributed by atoms with E-state index >= 15 is 0 Å². The van der Waals surface area contributed by atoms with Crippen LogP contribution < -0.4 is 16.8 Å². The highest BCUT2D eigenvalue weighted by Crippen LogP contribution is 2.27. The fourth-order valence-electron chi connectivity index (χ4n) is 2.46. The van der Waals surface area contributed by atoms with Gasteiger partial charge in [0.05, 0.1) is 6.04 Å². The SMILES string of the molecule is CC1=CC(=O)Cc2cc(NC(=O)[C@@H](N)CCCN)ccc21. The molecule has 5 heteroatoms. The Bertz CT molecular complexity index is 593. The minimum absolute atomic E-state index is 0.0862. The van der Waals surface area contributed by atoms with Crippen molar-refractivity contribution in [2.75, 3.05) is 11.9 Å². The average molecular weight is 287 g/mol. The topological polar surface area (TPSA) is 98.2 Å². The van der Waals surface area contributed by atoms with Gasteiger partial charge in [-0.1, -0.05) is 6.07 Å². The van der Waals surface area contributed by atoms with E-state index in [1.165, 1.54) is 0 Å². The van der Waals surface area contributed by atoms with Crippen LogP contribution in [0.5, 0.6) is 0 Å². The minimum Gasteiger partial charge on any atom is -0.330 e. The number of allylic oxidation sites excluding steroid dienone is 2. The molecule has 1 atom stereocenters. The average Bonchev–Trinajstić information content (AvgIpc) is 2.44. The molecule has 1 aromatic carbocycles. The van der Waals surface area contributed by atoms with Crippen molar-refractivity contribution >= 4 is 23.0 Å². The molecule has 2 rings (SSSR count). The van der Waals surface area contributed by atoms with Gasteiger partial charge in [0.1, 0.15) is 0 Å². The van der Waals surface area contributed by atoms with Crippen molar-refractivity contribution < 1.29 is 9.59 Å². The second-order valence-corrected chi connectivity index (χ2v) is 5.37. The molecule has 1 amide bonds. The smallest absolute Gasteiger partial charge is 0.241 e. The van der Waals surface area contributed by atoms with Crippen LogP contribution in [0.2, 0.25) is 0 Å². The summed E-state index contributed by atoms with van der Waals surface area (Å²) in [7, 11) is 0. The molecule has 1 aromatic rings. The Morgan fingerprint density at radius 2 is 2.19 bits per heavy atom. The van der Waals surface area contributed by atoms with Crippen molar-refractivity contribution in [1.29, 1.82) is 0 Å². The molecule has 0 heterocycles. The second kappa shape index (κ2) is 6.65. The van der Waals surface area contributed by atoms with Gasteiger partial charge in [0.2, 0.25) is 5.91 Å². The third-order valence-corrected chi connectivity index (χ3v) is 3.60. The number of hydrogen-bond donors (Lipinski definition) is 3. The molecule has 0 unspecified atom stereocenters. The fourth-order valence-corrected chi connectivity index (χ4v) is 2.46. The highest BCUT2D eigenvalue weighted by Gasteiger charge is 2.17. The Hall–Kier alpha value is -1.98. The lowest BCUT2D eigenvalue weighted by atomic mass is 9.90. The van der Waals surface area contributed by atoms with Gasteiger partial charge in [-0.2, -0.15) is 0 Å². The summed E-state index contributed by atoms with van der Waals surface area (Å²) in [6, 6.07) is 5.04. The van der Waals surface area contributed by atoms with Gasteiger partial charge in [-0.15, -0.1) is 0 Å². The number of nitrogens with two attached hydrogens (primary N) is 2. The summed E-state index contributed by atoms with van der Waals surface area (Å²) in [6.07, 6.45) is 3.31. The van der Waals surface area contributed by atoms with Gasteiger partial charge in [0.15, 0.2) is 5.78 Å². The Balaban J connectivity index is 2.09. The first-order valence-electron chi connectivity index (χ1n) is 7.12. The molecule has 1 aliphatic rings. The van der Waals surface area contributed by atoms with Gasteiger partial charge in [-0.3, -0.25) is 9.59 Å². The number of anilines is 1. The van der Waals surface area contributed by atoms with Gasteiger partial charge >= 0.3 is 0 Å². The molecule has 0 bridgehead atoms. The number of benzene rings is 1. The van der Waals surface area contributed by atoms with E-state index in [9.17, 15) is 9.59 Å². The van der Waals surface area contributed by atoms with Crippen LogP contribution in [-0.2, 0) is 16.0 Å². The zero-order chi connectivity index (χ0) is 15.4. The summed E-state index contributed by atoms with van der Waals surface area (Å²) in [4.78, 5) is 23.6. The van der Waals surface area contributed by atoms with E-state index in [-0.39, 0.29) is 11.7 Å². The number of carbonyl (C=O) groups excluding carboxylic acids is 2. The van der Waals surface area contributed by atoms with Crippen molar-refractivity contribution in [3.05, 3.63) is 35.4 Å². The number of fused-ring (bicyclic) bond motifs is 1. The van der Waals surface area contributed by atoms with Crippen molar-refractivity contribution in [2.24, 2.45) is 11.5 Å². The van der Waals surface area contributed by atoms with Crippen LogP contribution >= 0.6 is 0 Å². The summed E-state index contributed by atoms with van der Waals surface area (Å²) in [5.74, 6) is -0.138. The first kappa shape index (κ1) is 15.4. The normalized spacial score (nSPS) is 15.2. The Labute approximate surface area is 124 Å². The van der Waals surface area contributed by atoms with Crippen molar-refractivity contribution in [3.8, 4) is 0 Å². The predicted molar refractivity (Wildman–Crippen MR) is 83.7 cm³/mol. The van der Waals surface area contributed by atoms with Crippen LogP contribution in [0.3, 0.4) is 0 Å². The molecule has 21 heavy (non-hydrogen) atoms. The van der Waals surface area contributed by atoms with Crippen LogP contribution in [0.15, 0.2) is 24.3 Å². The maximum absolute atomic E-state index is 12.0. The van der Waals surface area contributed by atoms with E-state index in [0.29, 0.717) is 25.1 Å². The predicted octanol–water partition coefficient (Wildman–Crippen LogP) is 1.22. The molecule has 0 spiro atoms. The van der Waals surface area contributed by atoms with Crippen LogP contribution in [0.1, 0.15) is 30.9 Å². The monoisotopic (exact) mass is 287 g/mol. The van der Waals surface area contributed by atoms with Crippen molar-refractivity contribution in [1.82, 2.24) is 0 Å². The standard InChI is InChI=1S/C16H21N3O2/c1-10-7-13(20)9-11-8-12(4-5-14(10)11)19-16(21)15(18)3-2-6-17/h4-5,7-8,15H,2-3,6,9,17-18H2,1H3,(H,19,21)/t15-/m0/s1. The molecular formula is C16H21N3O2. The van der Waals surface area contributed by atoms with Crippen LogP contribution in [0.4, 0.5) is 5.69 Å². The summed E-state index contributed by atoms with van der Waals surface area (Å²) >= 11 is 0. The van der Waals surface area contributed by atoms with Gasteiger partial charge in [0, 0.05) is 12.1 Å². The van der Waals surface area contributed by atoms with E-state index in [0.717, 1.165) is 23.1 Å². The number of amides is 1. The van der Waals surface area contributed by atoms with E-state index in [4.69, 9.17) is 11.5 Å². The molecule has 112 valence electrons. The zero-order valence-corrected chi connectivity index (χ0v) is 12.2. The van der Waals surface area contributed by atoms with Crippen LogP contribution in [-0.4, -0.2) is 24.3 Å². The quantitative estimate of drug-likeness (QED) is 0.758. The number of rotatable bonds is 5. The molecule has 5 nitrogen and oxygen atoms in total. The van der Waals surface area contributed by atoms with Crippen molar-refractivity contribution in [3.63, 3.8) is 0 Å². The highest BCUT2D eigenvalue weighted by atomic mass is 16.2. The highest BCUT2D eigenvalue weighted by molar-refractivity contribution is 6.02. The first-order valence-corrected chi connectivity index (χ1v) is 7.12. The molecule has 0 saturated carbocycles. The van der Waals surface area contributed by atoms with Gasteiger partial charge in [-0.25, -0.2) is 0 Å². The molecule has 0 fully saturated rings. The van der Waals surface area contributed by atoms with E-state index in [1.807, 2.05) is 25.1 Å². The van der Waals surface area contributed by atoms with Gasteiger partial charge < -0.3 is 16.8 Å². The lowest BCUT2D eigenvalue weighted by Crippen LogP contribution is -2.36. The second-order valence-electron chi connectivity index (χ2n) is 5.37. The van der Waals surface area contributed by atoms with E-state index < -0.39 is 6.04 Å². The Morgan fingerprint density at radius 1 is 1.43 bits per heavy atom. The Morgan fingerprint density at radius 3 is 2.90 bits per heavy atom. The summed E-state index contributed by atoms with van der Waals surface area (Å²) in [6.45, 7) is 2.43. The molecule has 0 aromatic heterocycles. The molecule has 0 radical (unpaired) electrons. The van der Waals surface area contributed by atoms with E-state index in [1.54, 1.807) is 6.08 Å². The van der Waals surface area contributed by atoms with Crippen molar-refractivity contribution in [2.45, 2.75) is 32.2 Å². The summed E-state index contributed by atoms with van der Waals surface area (Å²) in [5, 5.41) is 2.79. The molecule has 0 aliphatic heterocycles. The third kappa shape index (κ3) is 3.77. The van der Waals surface area contributed by atoms with Gasteiger partial charge in [-0.05, 0) is 61.2 Å². The molecule has 1 aliphatic carbocycles. The van der Waals surface area contributed by atoms with Crippen LogP contribution in [0.25, 0.3) is 5.57 Å². The lowest BCUT2D eigenvalue weighted by molar-refractivity contribution is -0.117. The number of hydrogen-bond acceptors (Lipinski definition) is 4. The third-order valence-electron chi connectivity index (χ3n) is 3.60. The number of ketones is 1. The molecule has 0 saturated heterocycles. The van der Waals surface area contributed by atoms with Crippen LogP contribution in [0, 0.1) is 0 Å². The number of nitrogens with one attached hydrogen (secondary N) is 1. The minimum atomic E-state index is -0.562. The maximum Gasteiger partial charge on any atom is 0.241 e. The number of carbonyl (C=O) groups is 2. The first-order chi connectivity index (χ1) is 10.0. The fraction of sp³-hybridized carbons (Fsp3) is 0.375. The Kier molecular flexibility index (Phi) is 4.88. The molecular weight excluding hydrogens is 266 g/mol. The zero-order valence-electron chi connectivity index (χ0n) is 12.2. The lowest BCUT2D eigenvalue weighted by Gasteiger charge is -2.17. The largest absolute Gasteiger partial charge is 0.330 e. The van der Waals surface area contributed by atoms with E-state index in [2.05, 4.69) is 5.32 Å². The summed E-state index contributed by atoms with van der Waals surface area (Å²) in [5.41, 5.74) is 14.8. The van der Waals surface area contributed by atoms with Gasteiger partial charge in [0.25, 0.3) is 0 Å². The molecule has 5 N–H and O–H groups in total. The maximum atomic E-state index is 12.0. The summed E-state index contributed by atoms with van der Waals surface area (Å²) < 4.78 is 0.